The summed E-state index contributed by atoms with van der Waals surface area (Å²) in [4.78, 5) is 5.42. The molecule has 2 aliphatic heterocycles. The van der Waals surface area contributed by atoms with E-state index in [2.05, 4.69) is 198 Å². The second kappa shape index (κ2) is 13.0. The lowest BCUT2D eigenvalue weighted by atomic mass is 9.35. The number of anilines is 6. The molecule has 63 heavy (non-hydrogen) atoms. The number of nitrogens with zero attached hydrogens (tertiary/aromatic N) is 2. The van der Waals surface area contributed by atoms with Crippen molar-refractivity contribution in [2.75, 3.05) is 9.80 Å². The first kappa shape index (κ1) is 41.4. The van der Waals surface area contributed by atoms with Gasteiger partial charge in [0.25, 0.3) is 6.71 Å². The van der Waals surface area contributed by atoms with E-state index in [0.29, 0.717) is 0 Å². The molecule has 0 radical (unpaired) electrons. The quantitative estimate of drug-likeness (QED) is 0.160. The van der Waals surface area contributed by atoms with Gasteiger partial charge in [-0.3, -0.25) is 0 Å². The van der Waals surface area contributed by atoms with Crippen molar-refractivity contribution in [1.29, 1.82) is 0 Å². The fourth-order valence-corrected chi connectivity index (χ4v) is 14.4. The van der Waals surface area contributed by atoms with Gasteiger partial charge in [-0.15, -0.1) is 11.3 Å². The van der Waals surface area contributed by atoms with Crippen molar-refractivity contribution in [3.63, 3.8) is 0 Å². The normalized spacial score (nSPS) is 21.2. The third kappa shape index (κ3) is 5.94. The predicted octanol–water partition coefficient (Wildman–Crippen LogP) is 15.0. The highest BCUT2D eigenvalue weighted by atomic mass is 32.1. The van der Waals surface area contributed by atoms with Crippen molar-refractivity contribution in [1.82, 2.24) is 0 Å². The summed E-state index contributed by atoms with van der Waals surface area (Å²) in [5.41, 5.74) is 24.7. The van der Waals surface area contributed by atoms with E-state index in [1.807, 2.05) is 0 Å². The molecule has 0 fully saturated rings. The summed E-state index contributed by atoms with van der Waals surface area (Å²) in [5, 5.41) is 1.41. The molecule has 4 heteroatoms. The highest BCUT2D eigenvalue weighted by Gasteiger charge is 2.49. The van der Waals surface area contributed by atoms with Gasteiger partial charge in [-0.25, -0.2) is 0 Å². The van der Waals surface area contributed by atoms with Gasteiger partial charge in [0.1, 0.15) is 0 Å². The fourth-order valence-electron chi connectivity index (χ4n) is 13.1. The third-order valence-corrected chi connectivity index (χ3v) is 18.5. The van der Waals surface area contributed by atoms with Crippen LogP contribution in [0.25, 0.3) is 10.1 Å². The molecule has 3 heterocycles. The van der Waals surface area contributed by atoms with Gasteiger partial charge in [-0.2, -0.15) is 0 Å². The van der Waals surface area contributed by atoms with E-state index in [1.54, 1.807) is 11.1 Å². The molecule has 324 valence electrons. The summed E-state index contributed by atoms with van der Waals surface area (Å²) >= 11 is 2.08. The zero-order valence-corrected chi connectivity index (χ0v) is 41.9. The SMILES string of the molecule is Cc1cc(C)cc(N2c3cc(C)cc4c3B(c3cc5c(cc3N4c3ccc4c(c3)C(C)(C)CCC4(C)C)C(C)(C)CCC5(C)C)c3sc4cc5c(cc4c32)C(C)(C)CCC5(C)C)c1. The largest absolute Gasteiger partial charge is 0.311 e. The van der Waals surface area contributed by atoms with E-state index in [1.165, 1.54) is 137 Å². The van der Waals surface area contributed by atoms with Crippen LogP contribution in [-0.2, 0) is 32.5 Å². The Morgan fingerprint density at radius 2 is 0.889 bits per heavy atom. The lowest BCUT2D eigenvalue weighted by molar-refractivity contribution is 0.332. The number of rotatable bonds is 2. The number of thiophene rings is 1. The summed E-state index contributed by atoms with van der Waals surface area (Å²) in [7, 11) is 0. The van der Waals surface area contributed by atoms with Crippen LogP contribution in [0.5, 0.6) is 0 Å². The summed E-state index contributed by atoms with van der Waals surface area (Å²) in [6.45, 7) is 36.8. The minimum atomic E-state index is 0.0826. The molecule has 5 aromatic carbocycles. The van der Waals surface area contributed by atoms with Gasteiger partial charge in [0, 0.05) is 43.3 Å². The fraction of sp³-hybridized carbons (Fsp3) is 0.458. The molecule has 3 aliphatic carbocycles. The smallest absolute Gasteiger partial charge is 0.264 e. The van der Waals surface area contributed by atoms with Crippen LogP contribution in [0.15, 0.2) is 72.8 Å². The maximum Gasteiger partial charge on any atom is 0.264 e. The van der Waals surface area contributed by atoms with Crippen molar-refractivity contribution in [2.45, 2.75) is 175 Å². The Morgan fingerprint density at radius 1 is 0.429 bits per heavy atom. The van der Waals surface area contributed by atoms with Crippen molar-refractivity contribution < 1.29 is 0 Å². The number of fused-ring (bicyclic) bond motifs is 9. The molecule has 1 aromatic heterocycles. The predicted molar refractivity (Wildman–Crippen MR) is 276 cm³/mol. The zero-order valence-electron chi connectivity index (χ0n) is 41.1. The first-order chi connectivity index (χ1) is 29.4. The minimum Gasteiger partial charge on any atom is -0.311 e. The van der Waals surface area contributed by atoms with E-state index in [-0.39, 0.29) is 39.2 Å². The summed E-state index contributed by atoms with van der Waals surface area (Å²) in [5.74, 6) is 0. The van der Waals surface area contributed by atoms with Crippen LogP contribution in [0.3, 0.4) is 0 Å². The maximum absolute atomic E-state index is 2.72. The molecular formula is C59H69BN2S. The third-order valence-electron chi connectivity index (χ3n) is 17.3. The monoisotopic (exact) mass is 849 g/mol. The first-order valence-electron chi connectivity index (χ1n) is 24.2. The van der Waals surface area contributed by atoms with E-state index >= 15 is 0 Å². The van der Waals surface area contributed by atoms with Crippen molar-refractivity contribution in [3.05, 3.63) is 123 Å². The van der Waals surface area contributed by atoms with Gasteiger partial charge in [0.15, 0.2) is 0 Å². The molecule has 0 saturated carbocycles. The summed E-state index contributed by atoms with van der Waals surface area (Å²) in [6.07, 6.45) is 7.22. The van der Waals surface area contributed by atoms with Crippen LogP contribution < -0.4 is 25.5 Å². The van der Waals surface area contributed by atoms with Gasteiger partial charge in [-0.1, -0.05) is 101 Å². The molecular weight excluding hydrogens is 780 g/mol. The zero-order chi connectivity index (χ0) is 44.7. The number of hydrogen-bond donors (Lipinski definition) is 0. The highest BCUT2D eigenvalue weighted by Crippen LogP contribution is 2.55. The standard InChI is InChI=1S/C59H69BN2S/c1-34-24-35(2)26-38(25-34)62-49-28-36(3)27-48-51(49)60(53-52(62)39-30-42-45(33-50(39)63-53)59(14,15)23-20-56(42,8)9)46-31-43-44(58(12,13)22-21-57(43,10)11)32-47(46)61(48)37-16-17-40-41(29-37)55(6,7)19-18-54(40,4)5/h16-17,24-33H,18-23H2,1-15H3. The molecule has 0 bridgehead atoms. The molecule has 0 unspecified atom stereocenters. The molecule has 0 saturated heterocycles. The molecule has 11 rings (SSSR count). The lowest BCUT2D eigenvalue weighted by Gasteiger charge is -2.47. The Morgan fingerprint density at radius 3 is 1.46 bits per heavy atom. The van der Waals surface area contributed by atoms with Crippen LogP contribution in [0.4, 0.5) is 34.1 Å². The Kier molecular flexibility index (Phi) is 8.52. The second-order valence-corrected chi connectivity index (χ2v) is 25.9. The summed E-state index contributed by atoms with van der Waals surface area (Å²) in [6, 6.07) is 30.5. The van der Waals surface area contributed by atoms with Crippen LogP contribution >= 0.6 is 11.3 Å². The van der Waals surface area contributed by atoms with Crippen LogP contribution in [0, 0.1) is 20.8 Å². The van der Waals surface area contributed by atoms with E-state index in [9.17, 15) is 0 Å². The number of benzene rings is 5. The number of aryl methyl sites for hydroxylation is 3. The molecule has 0 spiro atoms. The van der Waals surface area contributed by atoms with Gasteiger partial charge < -0.3 is 9.80 Å². The Labute approximate surface area is 383 Å². The molecule has 2 nitrogen and oxygen atoms in total. The van der Waals surface area contributed by atoms with Gasteiger partial charge in [-0.05, 0) is 207 Å². The van der Waals surface area contributed by atoms with Crippen molar-refractivity contribution >= 4 is 78.0 Å². The van der Waals surface area contributed by atoms with Gasteiger partial charge in [0.05, 0.1) is 5.69 Å². The molecule has 6 aromatic rings. The Balaban J connectivity index is 1.28. The van der Waals surface area contributed by atoms with E-state index < -0.39 is 0 Å². The summed E-state index contributed by atoms with van der Waals surface area (Å²) < 4.78 is 2.91. The molecule has 0 atom stereocenters. The molecule has 0 amide bonds. The first-order valence-corrected chi connectivity index (χ1v) is 25.0. The maximum atomic E-state index is 2.72. The topological polar surface area (TPSA) is 6.48 Å². The van der Waals surface area contributed by atoms with Crippen molar-refractivity contribution in [3.8, 4) is 0 Å². The minimum absolute atomic E-state index is 0.0826. The van der Waals surface area contributed by atoms with Crippen LogP contribution in [0.1, 0.15) is 172 Å². The van der Waals surface area contributed by atoms with Gasteiger partial charge in [0.2, 0.25) is 0 Å². The van der Waals surface area contributed by atoms with E-state index in [4.69, 9.17) is 0 Å². The van der Waals surface area contributed by atoms with Crippen LogP contribution in [-0.4, -0.2) is 6.71 Å². The average molecular weight is 849 g/mol. The number of hydrogen-bond acceptors (Lipinski definition) is 3. The molecule has 5 aliphatic rings. The van der Waals surface area contributed by atoms with Gasteiger partial charge >= 0.3 is 0 Å². The molecule has 0 N–H and O–H groups in total. The average Bonchev–Trinajstić information content (AvgIpc) is 3.57. The lowest BCUT2D eigenvalue weighted by Crippen LogP contribution is -2.61. The van der Waals surface area contributed by atoms with Crippen LogP contribution in [0.2, 0.25) is 0 Å². The highest BCUT2D eigenvalue weighted by molar-refractivity contribution is 7.33. The Bertz CT molecular complexity index is 2950. The van der Waals surface area contributed by atoms with E-state index in [0.717, 1.165) is 0 Å². The van der Waals surface area contributed by atoms with Crippen molar-refractivity contribution in [2.24, 2.45) is 0 Å². The Hall–Kier alpha value is -4.28. The second-order valence-electron chi connectivity index (χ2n) is 24.9.